The molecular weight excluding hydrogens is 250 g/mol. The number of hydrogen-bond acceptors (Lipinski definition) is 4. The average molecular weight is 267 g/mol. The van der Waals surface area contributed by atoms with Gasteiger partial charge in [0.25, 0.3) is 0 Å². The maximum absolute atomic E-state index is 8.75. The van der Waals surface area contributed by atoms with Crippen LogP contribution in [0.2, 0.25) is 0 Å². The third-order valence-corrected chi connectivity index (χ3v) is 2.82. The van der Waals surface area contributed by atoms with E-state index in [1.165, 1.54) is 0 Å². The lowest BCUT2D eigenvalue weighted by Gasteiger charge is -2.10. The number of ether oxygens (including phenoxy) is 1. The molecule has 0 saturated carbocycles. The van der Waals surface area contributed by atoms with Crippen LogP contribution in [0.4, 0.5) is 11.4 Å². The molecule has 2 aromatic carbocycles. The Labute approximate surface area is 118 Å². The summed E-state index contributed by atoms with van der Waals surface area (Å²) < 4.78 is 5.45. The SMILES string of the molecule is CCOc1cc(N)cc(NCc2ccc(C#N)cc2)c1. The zero-order valence-corrected chi connectivity index (χ0v) is 11.4. The summed E-state index contributed by atoms with van der Waals surface area (Å²) in [7, 11) is 0. The Bertz CT molecular complexity index is 615. The van der Waals surface area contributed by atoms with Gasteiger partial charge in [-0.3, -0.25) is 0 Å². The summed E-state index contributed by atoms with van der Waals surface area (Å²) in [6, 6.07) is 15.2. The van der Waals surface area contributed by atoms with Crippen molar-refractivity contribution >= 4 is 11.4 Å². The molecule has 3 N–H and O–H groups in total. The molecule has 0 amide bonds. The summed E-state index contributed by atoms with van der Waals surface area (Å²) in [5.41, 5.74) is 9.18. The number of benzene rings is 2. The van der Waals surface area contributed by atoms with E-state index in [2.05, 4.69) is 11.4 Å². The van der Waals surface area contributed by atoms with E-state index in [0.717, 1.165) is 17.0 Å². The van der Waals surface area contributed by atoms with Crippen LogP contribution in [-0.2, 0) is 6.54 Å². The standard InChI is InChI=1S/C16H17N3O/c1-2-20-16-8-14(18)7-15(9-16)19-11-13-5-3-12(10-17)4-6-13/h3-9,19H,2,11,18H2,1H3. The third kappa shape index (κ3) is 3.66. The molecule has 102 valence electrons. The van der Waals surface area contributed by atoms with E-state index in [4.69, 9.17) is 15.7 Å². The summed E-state index contributed by atoms with van der Waals surface area (Å²) in [5.74, 6) is 0.759. The van der Waals surface area contributed by atoms with Crippen LogP contribution >= 0.6 is 0 Å². The fraction of sp³-hybridized carbons (Fsp3) is 0.188. The van der Waals surface area contributed by atoms with Gasteiger partial charge in [-0.2, -0.15) is 5.26 Å². The zero-order valence-electron chi connectivity index (χ0n) is 11.4. The predicted molar refractivity (Wildman–Crippen MR) is 80.5 cm³/mol. The van der Waals surface area contributed by atoms with Gasteiger partial charge in [0, 0.05) is 30.1 Å². The number of nitrogens with two attached hydrogens (primary N) is 1. The normalized spacial score (nSPS) is 9.80. The lowest BCUT2D eigenvalue weighted by molar-refractivity contribution is 0.340. The van der Waals surface area contributed by atoms with Gasteiger partial charge in [-0.05, 0) is 30.7 Å². The maximum atomic E-state index is 8.75. The first-order valence-corrected chi connectivity index (χ1v) is 6.47. The van der Waals surface area contributed by atoms with E-state index in [0.29, 0.717) is 24.4 Å². The second-order valence-corrected chi connectivity index (χ2v) is 4.39. The maximum Gasteiger partial charge on any atom is 0.123 e. The summed E-state index contributed by atoms with van der Waals surface area (Å²) in [6.45, 7) is 3.21. The van der Waals surface area contributed by atoms with Crippen molar-refractivity contribution in [1.82, 2.24) is 0 Å². The van der Waals surface area contributed by atoms with Crippen LogP contribution in [0.3, 0.4) is 0 Å². The van der Waals surface area contributed by atoms with E-state index in [1.54, 1.807) is 6.07 Å². The summed E-state index contributed by atoms with van der Waals surface area (Å²) in [4.78, 5) is 0. The van der Waals surface area contributed by atoms with Gasteiger partial charge in [-0.25, -0.2) is 0 Å². The van der Waals surface area contributed by atoms with Gasteiger partial charge in [0.05, 0.1) is 18.2 Å². The van der Waals surface area contributed by atoms with Crippen LogP contribution in [0.1, 0.15) is 18.1 Å². The van der Waals surface area contributed by atoms with Crippen molar-refractivity contribution in [2.75, 3.05) is 17.7 Å². The summed E-state index contributed by atoms with van der Waals surface area (Å²) in [5, 5.41) is 12.0. The van der Waals surface area contributed by atoms with Crippen molar-refractivity contribution in [2.24, 2.45) is 0 Å². The minimum atomic E-state index is 0.610. The van der Waals surface area contributed by atoms with E-state index in [-0.39, 0.29) is 0 Å². The van der Waals surface area contributed by atoms with Crippen molar-refractivity contribution in [1.29, 1.82) is 5.26 Å². The lowest BCUT2D eigenvalue weighted by Crippen LogP contribution is -2.01. The van der Waals surface area contributed by atoms with Gasteiger partial charge in [0.2, 0.25) is 0 Å². The molecule has 0 fully saturated rings. The highest BCUT2D eigenvalue weighted by atomic mass is 16.5. The van der Waals surface area contributed by atoms with Gasteiger partial charge in [-0.1, -0.05) is 12.1 Å². The van der Waals surface area contributed by atoms with E-state index in [1.807, 2.05) is 43.3 Å². The topological polar surface area (TPSA) is 71.1 Å². The number of hydrogen-bond donors (Lipinski definition) is 2. The first kappa shape index (κ1) is 13.8. The highest BCUT2D eigenvalue weighted by molar-refractivity contribution is 5.59. The Morgan fingerprint density at radius 3 is 2.60 bits per heavy atom. The molecule has 0 spiro atoms. The minimum Gasteiger partial charge on any atom is -0.494 e. The summed E-state index contributed by atoms with van der Waals surface area (Å²) in [6.07, 6.45) is 0. The lowest BCUT2D eigenvalue weighted by atomic mass is 10.1. The quantitative estimate of drug-likeness (QED) is 0.816. The molecule has 2 rings (SSSR count). The first-order chi connectivity index (χ1) is 9.71. The first-order valence-electron chi connectivity index (χ1n) is 6.47. The predicted octanol–water partition coefficient (Wildman–Crippen LogP) is 3.15. The third-order valence-electron chi connectivity index (χ3n) is 2.82. The second kappa shape index (κ2) is 6.48. The molecule has 0 atom stereocenters. The molecule has 0 saturated heterocycles. The molecule has 0 radical (unpaired) electrons. The molecule has 0 heterocycles. The monoisotopic (exact) mass is 267 g/mol. The molecule has 2 aromatic rings. The number of nitrogens with one attached hydrogen (secondary N) is 1. The Kier molecular flexibility index (Phi) is 4.46. The smallest absolute Gasteiger partial charge is 0.123 e. The molecular formula is C16H17N3O. The highest BCUT2D eigenvalue weighted by Gasteiger charge is 2.00. The van der Waals surface area contributed by atoms with Crippen LogP contribution in [-0.4, -0.2) is 6.61 Å². The molecule has 0 bridgehead atoms. The molecule has 0 aliphatic carbocycles. The molecule has 0 aliphatic rings. The van der Waals surface area contributed by atoms with E-state index >= 15 is 0 Å². The largest absolute Gasteiger partial charge is 0.494 e. The number of nitrogens with zero attached hydrogens (tertiary/aromatic N) is 1. The van der Waals surface area contributed by atoms with Gasteiger partial charge in [-0.15, -0.1) is 0 Å². The van der Waals surface area contributed by atoms with E-state index in [9.17, 15) is 0 Å². The molecule has 20 heavy (non-hydrogen) atoms. The average Bonchev–Trinajstić information content (AvgIpc) is 2.45. The van der Waals surface area contributed by atoms with Crippen LogP contribution in [0.25, 0.3) is 0 Å². The van der Waals surface area contributed by atoms with Gasteiger partial charge < -0.3 is 15.8 Å². The Balaban J connectivity index is 2.04. The van der Waals surface area contributed by atoms with Crippen molar-refractivity contribution in [2.45, 2.75) is 13.5 Å². The molecule has 4 heteroatoms. The molecule has 0 aliphatic heterocycles. The van der Waals surface area contributed by atoms with Crippen molar-refractivity contribution < 1.29 is 4.74 Å². The Morgan fingerprint density at radius 2 is 1.95 bits per heavy atom. The fourth-order valence-electron chi connectivity index (χ4n) is 1.88. The van der Waals surface area contributed by atoms with Gasteiger partial charge in [0.1, 0.15) is 5.75 Å². The van der Waals surface area contributed by atoms with E-state index < -0.39 is 0 Å². The highest BCUT2D eigenvalue weighted by Crippen LogP contribution is 2.23. The van der Waals surface area contributed by atoms with Crippen molar-refractivity contribution in [3.63, 3.8) is 0 Å². The summed E-state index contributed by atoms with van der Waals surface area (Å²) >= 11 is 0. The molecule has 4 nitrogen and oxygen atoms in total. The number of nitriles is 1. The second-order valence-electron chi connectivity index (χ2n) is 4.39. The van der Waals surface area contributed by atoms with Gasteiger partial charge in [0.15, 0.2) is 0 Å². The van der Waals surface area contributed by atoms with Crippen molar-refractivity contribution in [3.8, 4) is 11.8 Å². The van der Waals surface area contributed by atoms with Gasteiger partial charge >= 0.3 is 0 Å². The Hall–Kier alpha value is -2.67. The number of anilines is 2. The van der Waals surface area contributed by atoms with Crippen LogP contribution in [0.5, 0.6) is 5.75 Å². The zero-order chi connectivity index (χ0) is 14.4. The van der Waals surface area contributed by atoms with Crippen LogP contribution < -0.4 is 15.8 Å². The molecule has 0 unspecified atom stereocenters. The molecule has 0 aromatic heterocycles. The minimum absolute atomic E-state index is 0.610. The fourth-order valence-corrected chi connectivity index (χ4v) is 1.88. The Morgan fingerprint density at radius 1 is 1.20 bits per heavy atom. The van der Waals surface area contributed by atoms with Crippen LogP contribution in [0.15, 0.2) is 42.5 Å². The number of nitrogen functional groups attached to an aromatic ring is 1. The van der Waals surface area contributed by atoms with Crippen LogP contribution in [0, 0.1) is 11.3 Å². The number of rotatable bonds is 5. The van der Waals surface area contributed by atoms with Crippen molar-refractivity contribution in [3.05, 3.63) is 53.6 Å².